The molecule has 27 heavy (non-hydrogen) atoms. The average Bonchev–Trinajstić information content (AvgIpc) is 3.29. The number of carbonyl (C=O) groups is 2. The summed E-state index contributed by atoms with van der Waals surface area (Å²) in [5, 5.41) is 0. The monoisotopic (exact) mass is 362 g/mol. The first-order chi connectivity index (χ1) is 13.1. The molecule has 0 fully saturated rings. The Hall–Kier alpha value is -3.41. The van der Waals surface area contributed by atoms with Crippen LogP contribution in [0.2, 0.25) is 0 Å². The minimum absolute atomic E-state index is 0.233. The number of anilines is 1. The number of oxazole rings is 1. The fourth-order valence-electron chi connectivity index (χ4n) is 3.15. The minimum Gasteiger partial charge on any atom is -0.449 e. The molecule has 1 aliphatic rings. The lowest BCUT2D eigenvalue weighted by atomic mass is 10.2. The summed E-state index contributed by atoms with van der Waals surface area (Å²) in [6, 6.07) is 15.1. The van der Waals surface area contributed by atoms with Crippen molar-refractivity contribution in [3.8, 4) is 0 Å². The molecule has 2 aromatic carbocycles. The second kappa shape index (κ2) is 7.07. The maximum atomic E-state index is 12.6. The van der Waals surface area contributed by atoms with Crippen LogP contribution in [0.15, 0.2) is 59.0 Å². The summed E-state index contributed by atoms with van der Waals surface area (Å²) in [6.07, 6.45) is 2.58. The molecule has 6 heteroatoms. The first-order valence-corrected chi connectivity index (χ1v) is 8.75. The zero-order valence-corrected chi connectivity index (χ0v) is 14.8. The van der Waals surface area contributed by atoms with Crippen LogP contribution in [0.1, 0.15) is 18.4 Å². The standard InChI is InChI=1S/C21H18N2O4/c1-14(21(25)23-13-12-15-6-2-4-8-17(15)23)26-20(24)11-10-19-22-16-7-3-5-9-18(16)27-19/h2-11,14H,12-13H2,1H3/b11-10+/t14-/m0/s1. The summed E-state index contributed by atoms with van der Waals surface area (Å²) in [7, 11) is 0. The predicted molar refractivity (Wildman–Crippen MR) is 101 cm³/mol. The first kappa shape index (κ1) is 17.0. The van der Waals surface area contributed by atoms with Gasteiger partial charge in [0.2, 0.25) is 5.89 Å². The fourth-order valence-corrected chi connectivity index (χ4v) is 3.15. The van der Waals surface area contributed by atoms with E-state index in [9.17, 15) is 9.59 Å². The van der Waals surface area contributed by atoms with Crippen LogP contribution in [0, 0.1) is 0 Å². The zero-order chi connectivity index (χ0) is 18.8. The number of amides is 1. The zero-order valence-electron chi connectivity index (χ0n) is 14.8. The van der Waals surface area contributed by atoms with E-state index in [0.717, 1.165) is 17.7 Å². The number of ether oxygens (including phenoxy) is 1. The van der Waals surface area contributed by atoms with Gasteiger partial charge in [-0.05, 0) is 37.1 Å². The van der Waals surface area contributed by atoms with Crippen molar-refractivity contribution in [2.75, 3.05) is 11.4 Å². The Morgan fingerprint density at radius 2 is 1.96 bits per heavy atom. The van der Waals surface area contributed by atoms with Gasteiger partial charge >= 0.3 is 5.97 Å². The fraction of sp³-hybridized carbons (Fsp3) is 0.190. The number of rotatable bonds is 4. The largest absolute Gasteiger partial charge is 0.449 e. The van der Waals surface area contributed by atoms with E-state index in [0.29, 0.717) is 23.5 Å². The number of aromatic nitrogens is 1. The molecule has 0 N–H and O–H groups in total. The number of carbonyl (C=O) groups excluding carboxylic acids is 2. The van der Waals surface area contributed by atoms with Gasteiger partial charge in [-0.15, -0.1) is 0 Å². The summed E-state index contributed by atoms with van der Waals surface area (Å²) in [4.78, 5) is 30.6. The van der Waals surface area contributed by atoms with Crippen LogP contribution in [-0.4, -0.2) is 29.5 Å². The normalized spacial score (nSPS) is 14.5. The van der Waals surface area contributed by atoms with Gasteiger partial charge < -0.3 is 14.1 Å². The van der Waals surface area contributed by atoms with Gasteiger partial charge in [0, 0.05) is 24.4 Å². The lowest BCUT2D eigenvalue weighted by Gasteiger charge is -2.21. The summed E-state index contributed by atoms with van der Waals surface area (Å²) < 4.78 is 10.8. The van der Waals surface area contributed by atoms with Crippen molar-refractivity contribution in [3.05, 3.63) is 66.1 Å². The van der Waals surface area contributed by atoms with E-state index < -0.39 is 12.1 Å². The Morgan fingerprint density at radius 3 is 2.81 bits per heavy atom. The van der Waals surface area contributed by atoms with Crippen LogP contribution in [0.25, 0.3) is 17.2 Å². The Bertz CT molecular complexity index is 1000. The molecule has 0 aliphatic carbocycles. The quantitative estimate of drug-likeness (QED) is 0.526. The smallest absolute Gasteiger partial charge is 0.331 e. The van der Waals surface area contributed by atoms with E-state index in [1.54, 1.807) is 17.9 Å². The van der Waals surface area contributed by atoms with Crippen LogP contribution in [-0.2, 0) is 20.7 Å². The van der Waals surface area contributed by atoms with Crippen molar-refractivity contribution < 1.29 is 18.7 Å². The number of esters is 1. The average molecular weight is 362 g/mol. The Balaban J connectivity index is 1.39. The van der Waals surface area contributed by atoms with E-state index in [-0.39, 0.29) is 5.91 Å². The van der Waals surface area contributed by atoms with Crippen LogP contribution < -0.4 is 4.90 Å². The van der Waals surface area contributed by atoms with E-state index in [4.69, 9.17) is 9.15 Å². The van der Waals surface area contributed by atoms with E-state index >= 15 is 0 Å². The van der Waals surface area contributed by atoms with Gasteiger partial charge in [-0.25, -0.2) is 9.78 Å². The van der Waals surface area contributed by atoms with E-state index in [1.165, 1.54) is 12.2 Å². The minimum atomic E-state index is -0.878. The topological polar surface area (TPSA) is 72.6 Å². The molecule has 6 nitrogen and oxygen atoms in total. The second-order valence-electron chi connectivity index (χ2n) is 6.30. The molecule has 1 amide bonds. The highest BCUT2D eigenvalue weighted by Crippen LogP contribution is 2.28. The number of fused-ring (bicyclic) bond motifs is 2. The third-order valence-corrected chi connectivity index (χ3v) is 4.47. The number of hydrogen-bond acceptors (Lipinski definition) is 5. The van der Waals surface area contributed by atoms with Crippen LogP contribution in [0.4, 0.5) is 5.69 Å². The third-order valence-electron chi connectivity index (χ3n) is 4.47. The summed E-state index contributed by atoms with van der Waals surface area (Å²) in [5.41, 5.74) is 3.36. The number of hydrogen-bond donors (Lipinski definition) is 0. The molecule has 3 aromatic rings. The molecule has 4 rings (SSSR count). The Labute approximate surface area is 156 Å². The van der Waals surface area contributed by atoms with Crippen LogP contribution in [0.5, 0.6) is 0 Å². The second-order valence-corrected chi connectivity index (χ2v) is 6.30. The lowest BCUT2D eigenvalue weighted by Crippen LogP contribution is -2.38. The Kier molecular flexibility index (Phi) is 4.46. The lowest BCUT2D eigenvalue weighted by molar-refractivity contribution is -0.149. The molecular formula is C21H18N2O4. The molecule has 0 bridgehead atoms. The highest BCUT2D eigenvalue weighted by atomic mass is 16.5. The number of para-hydroxylation sites is 3. The molecule has 0 unspecified atom stereocenters. The third kappa shape index (κ3) is 3.46. The molecule has 0 radical (unpaired) electrons. The molecule has 0 saturated carbocycles. The maximum Gasteiger partial charge on any atom is 0.331 e. The van der Waals surface area contributed by atoms with Crippen molar-refractivity contribution in [1.82, 2.24) is 4.98 Å². The highest BCUT2D eigenvalue weighted by Gasteiger charge is 2.29. The summed E-state index contributed by atoms with van der Waals surface area (Å²) in [5.74, 6) is -0.547. The van der Waals surface area contributed by atoms with Gasteiger partial charge in [0.15, 0.2) is 11.7 Å². The van der Waals surface area contributed by atoms with Gasteiger partial charge in [0.1, 0.15) is 5.52 Å². The van der Waals surface area contributed by atoms with Crippen molar-refractivity contribution in [1.29, 1.82) is 0 Å². The Morgan fingerprint density at radius 1 is 1.19 bits per heavy atom. The van der Waals surface area contributed by atoms with Crippen molar-refractivity contribution >= 4 is 34.7 Å². The van der Waals surface area contributed by atoms with Crippen molar-refractivity contribution in [2.24, 2.45) is 0 Å². The van der Waals surface area contributed by atoms with Crippen molar-refractivity contribution in [3.63, 3.8) is 0 Å². The van der Waals surface area contributed by atoms with Gasteiger partial charge in [-0.2, -0.15) is 0 Å². The molecule has 2 heterocycles. The van der Waals surface area contributed by atoms with Crippen LogP contribution >= 0.6 is 0 Å². The molecule has 0 saturated heterocycles. The SMILES string of the molecule is C[C@H](OC(=O)/C=C/c1nc2ccccc2o1)C(=O)N1CCc2ccccc21. The first-order valence-electron chi connectivity index (χ1n) is 8.75. The van der Waals surface area contributed by atoms with Gasteiger partial charge in [0.05, 0.1) is 0 Å². The number of benzene rings is 2. The molecule has 1 aliphatic heterocycles. The molecule has 0 spiro atoms. The molecule has 1 aromatic heterocycles. The molecule has 136 valence electrons. The highest BCUT2D eigenvalue weighted by molar-refractivity contribution is 6.00. The maximum absolute atomic E-state index is 12.6. The number of nitrogens with zero attached hydrogens (tertiary/aromatic N) is 2. The summed E-state index contributed by atoms with van der Waals surface area (Å²) in [6.45, 7) is 2.17. The van der Waals surface area contributed by atoms with E-state index in [2.05, 4.69) is 4.98 Å². The summed E-state index contributed by atoms with van der Waals surface area (Å²) >= 11 is 0. The predicted octanol–water partition coefficient (Wildman–Crippen LogP) is 3.36. The van der Waals surface area contributed by atoms with Gasteiger partial charge in [0.25, 0.3) is 5.91 Å². The van der Waals surface area contributed by atoms with Crippen molar-refractivity contribution in [2.45, 2.75) is 19.4 Å². The van der Waals surface area contributed by atoms with Gasteiger partial charge in [-0.3, -0.25) is 4.79 Å². The molecule has 1 atom stereocenters. The molecular weight excluding hydrogens is 344 g/mol. The van der Waals surface area contributed by atoms with Crippen LogP contribution in [0.3, 0.4) is 0 Å². The van der Waals surface area contributed by atoms with Gasteiger partial charge in [-0.1, -0.05) is 30.3 Å². The van der Waals surface area contributed by atoms with E-state index in [1.807, 2.05) is 42.5 Å².